The van der Waals surface area contributed by atoms with Gasteiger partial charge >= 0.3 is 12.1 Å². The Morgan fingerprint density at radius 3 is 2.68 bits per heavy atom. The van der Waals surface area contributed by atoms with E-state index in [2.05, 4.69) is 4.84 Å². The molecule has 0 fully saturated rings. The summed E-state index contributed by atoms with van der Waals surface area (Å²) in [4.78, 5) is 27.0. The minimum absolute atomic E-state index is 0.0144. The Bertz CT molecular complexity index is 703. The number of amides is 1. The molecular formula is C15H14F4N2O4. The molecule has 25 heavy (non-hydrogen) atoms. The zero-order valence-electron chi connectivity index (χ0n) is 12.8. The van der Waals surface area contributed by atoms with Crippen LogP contribution in [0.2, 0.25) is 0 Å². The van der Waals surface area contributed by atoms with E-state index >= 15 is 0 Å². The van der Waals surface area contributed by atoms with Crippen molar-refractivity contribution >= 4 is 11.9 Å². The molecule has 0 aliphatic carbocycles. The van der Waals surface area contributed by atoms with Gasteiger partial charge in [0.1, 0.15) is 12.4 Å². The normalized spacial score (nSPS) is 15.0. The van der Waals surface area contributed by atoms with Gasteiger partial charge in [-0.05, 0) is 30.2 Å². The Morgan fingerprint density at radius 1 is 1.36 bits per heavy atom. The van der Waals surface area contributed by atoms with Crippen LogP contribution in [0, 0.1) is 0 Å². The van der Waals surface area contributed by atoms with E-state index in [1.807, 2.05) is 0 Å². The molecule has 10 heteroatoms. The fourth-order valence-corrected chi connectivity index (χ4v) is 2.08. The van der Waals surface area contributed by atoms with Crippen molar-refractivity contribution in [2.75, 3.05) is 19.7 Å². The van der Waals surface area contributed by atoms with Crippen molar-refractivity contribution in [3.05, 3.63) is 41.2 Å². The summed E-state index contributed by atoms with van der Waals surface area (Å²) in [6.07, 6.45) is -4.69. The standard InChI is InChI=1S/C15H14F4N2O4/c16-6-9(7-20)8-24-11-1-2-12-10(5-11)3-4-21(13(12)22)25-14(23)15(17,18)19/h1-2,5-6H,3-4,7-8,20H2/b9-6-. The lowest BCUT2D eigenvalue weighted by atomic mass is 10.00. The first-order chi connectivity index (χ1) is 11.8. The number of benzene rings is 1. The van der Waals surface area contributed by atoms with Gasteiger partial charge in [-0.1, -0.05) is 0 Å². The number of hydrogen-bond donors (Lipinski definition) is 1. The van der Waals surface area contributed by atoms with Crippen molar-refractivity contribution in [3.63, 3.8) is 0 Å². The van der Waals surface area contributed by atoms with Gasteiger partial charge in [0, 0.05) is 17.7 Å². The van der Waals surface area contributed by atoms with Gasteiger partial charge in [0.15, 0.2) is 0 Å². The molecule has 1 aliphatic heterocycles. The highest BCUT2D eigenvalue weighted by atomic mass is 19.4. The highest BCUT2D eigenvalue weighted by molar-refractivity contribution is 5.97. The molecule has 0 atom stereocenters. The maximum Gasteiger partial charge on any atom is 0.493 e. The van der Waals surface area contributed by atoms with Gasteiger partial charge in [0.05, 0.1) is 12.9 Å². The van der Waals surface area contributed by atoms with E-state index in [1.54, 1.807) is 0 Å². The smallest absolute Gasteiger partial charge is 0.489 e. The third-order valence-corrected chi connectivity index (χ3v) is 3.38. The summed E-state index contributed by atoms with van der Waals surface area (Å²) in [6, 6.07) is 4.25. The van der Waals surface area contributed by atoms with Gasteiger partial charge in [-0.2, -0.15) is 18.2 Å². The summed E-state index contributed by atoms with van der Waals surface area (Å²) in [7, 11) is 0. The molecule has 1 heterocycles. The zero-order chi connectivity index (χ0) is 18.6. The number of rotatable bonds is 5. The number of fused-ring (bicyclic) bond motifs is 1. The molecule has 1 amide bonds. The van der Waals surface area contributed by atoms with Gasteiger partial charge in [0.2, 0.25) is 0 Å². The summed E-state index contributed by atoms with van der Waals surface area (Å²) in [6.45, 7) is -0.315. The van der Waals surface area contributed by atoms with E-state index in [4.69, 9.17) is 10.5 Å². The fourth-order valence-electron chi connectivity index (χ4n) is 2.08. The molecule has 2 N–H and O–H groups in total. The summed E-state index contributed by atoms with van der Waals surface area (Å²) < 4.78 is 54.4. The number of ether oxygens (including phenoxy) is 1. The highest BCUT2D eigenvalue weighted by Crippen LogP contribution is 2.26. The Labute approximate surface area is 139 Å². The van der Waals surface area contributed by atoms with Gasteiger partial charge < -0.3 is 15.3 Å². The van der Waals surface area contributed by atoms with Crippen molar-refractivity contribution in [3.8, 4) is 5.75 Å². The zero-order valence-corrected chi connectivity index (χ0v) is 12.8. The van der Waals surface area contributed by atoms with Crippen molar-refractivity contribution in [2.24, 2.45) is 5.73 Å². The molecule has 0 saturated carbocycles. The average molecular weight is 362 g/mol. The predicted molar refractivity (Wildman–Crippen MR) is 77.1 cm³/mol. The average Bonchev–Trinajstić information content (AvgIpc) is 2.57. The van der Waals surface area contributed by atoms with E-state index in [0.717, 1.165) is 0 Å². The predicted octanol–water partition coefficient (Wildman–Crippen LogP) is 1.90. The Morgan fingerprint density at radius 2 is 2.08 bits per heavy atom. The molecule has 0 spiro atoms. The molecule has 0 bridgehead atoms. The monoisotopic (exact) mass is 362 g/mol. The summed E-state index contributed by atoms with van der Waals surface area (Å²) in [5, 5.41) is 0.372. The molecular weight excluding hydrogens is 348 g/mol. The molecule has 1 aromatic carbocycles. The van der Waals surface area contributed by atoms with Gasteiger partial charge in [0.25, 0.3) is 5.91 Å². The van der Waals surface area contributed by atoms with Crippen molar-refractivity contribution in [1.82, 2.24) is 5.06 Å². The molecule has 1 aromatic rings. The first kappa shape index (κ1) is 18.7. The molecule has 6 nitrogen and oxygen atoms in total. The maximum atomic E-state index is 12.4. The number of hydrogen-bond acceptors (Lipinski definition) is 5. The molecule has 1 aliphatic rings. The molecule has 0 aromatic heterocycles. The van der Waals surface area contributed by atoms with E-state index < -0.39 is 18.1 Å². The Hall–Kier alpha value is -2.62. The van der Waals surface area contributed by atoms with Crippen LogP contribution in [0.15, 0.2) is 30.1 Å². The van der Waals surface area contributed by atoms with Crippen LogP contribution < -0.4 is 10.5 Å². The van der Waals surface area contributed by atoms with Crippen LogP contribution in [0.5, 0.6) is 5.75 Å². The third kappa shape index (κ3) is 4.47. The largest absolute Gasteiger partial charge is 0.493 e. The van der Waals surface area contributed by atoms with Gasteiger partial charge in [-0.15, -0.1) is 0 Å². The number of nitrogens with two attached hydrogens (primary N) is 1. The summed E-state index contributed by atoms with van der Waals surface area (Å²) >= 11 is 0. The van der Waals surface area contributed by atoms with Gasteiger partial charge in [-0.25, -0.2) is 9.18 Å². The second kappa shape index (κ2) is 7.51. The van der Waals surface area contributed by atoms with Gasteiger partial charge in [-0.3, -0.25) is 4.79 Å². The highest BCUT2D eigenvalue weighted by Gasteiger charge is 2.44. The minimum atomic E-state index is -5.19. The Balaban J connectivity index is 2.08. The van der Waals surface area contributed by atoms with E-state index in [0.29, 0.717) is 22.7 Å². The molecule has 0 unspecified atom stereocenters. The molecule has 2 rings (SSSR count). The summed E-state index contributed by atoms with van der Waals surface area (Å²) in [5.41, 5.74) is 6.14. The quantitative estimate of drug-likeness (QED) is 0.809. The van der Waals surface area contributed by atoms with Crippen LogP contribution in [0.1, 0.15) is 15.9 Å². The SMILES string of the molecule is NC/C(=C/F)COc1ccc2c(c1)CCN(OC(=O)C(F)(F)F)C2=O. The number of nitrogens with zero attached hydrogens (tertiary/aromatic N) is 1. The number of halogens is 4. The minimum Gasteiger partial charge on any atom is -0.489 e. The third-order valence-electron chi connectivity index (χ3n) is 3.38. The van der Waals surface area contributed by atoms with E-state index in [9.17, 15) is 27.2 Å². The van der Waals surface area contributed by atoms with Crippen LogP contribution in [0.4, 0.5) is 17.6 Å². The van der Waals surface area contributed by atoms with Crippen molar-refractivity contribution in [1.29, 1.82) is 0 Å². The maximum absolute atomic E-state index is 12.4. The molecule has 136 valence electrons. The molecule has 0 radical (unpaired) electrons. The second-order valence-corrected chi connectivity index (χ2v) is 5.11. The van der Waals surface area contributed by atoms with E-state index in [-0.39, 0.29) is 37.3 Å². The van der Waals surface area contributed by atoms with Crippen molar-refractivity contribution < 1.29 is 36.7 Å². The van der Waals surface area contributed by atoms with Crippen LogP contribution in [-0.4, -0.2) is 42.8 Å². The number of carbonyl (C=O) groups excluding carboxylic acids is 2. The Kier molecular flexibility index (Phi) is 5.62. The topological polar surface area (TPSA) is 81.9 Å². The lowest BCUT2D eigenvalue weighted by Gasteiger charge is -2.27. The summed E-state index contributed by atoms with van der Waals surface area (Å²) in [5.74, 6) is -2.98. The molecule has 0 saturated heterocycles. The lowest BCUT2D eigenvalue weighted by Crippen LogP contribution is -2.42. The number of carbonyl (C=O) groups is 2. The van der Waals surface area contributed by atoms with E-state index in [1.165, 1.54) is 18.2 Å². The fraction of sp³-hybridized carbons (Fsp3) is 0.333. The number of hydroxylamine groups is 2. The van der Waals surface area contributed by atoms with Crippen LogP contribution in [0.25, 0.3) is 0 Å². The second-order valence-electron chi connectivity index (χ2n) is 5.11. The van der Waals surface area contributed by atoms with Crippen LogP contribution >= 0.6 is 0 Å². The van der Waals surface area contributed by atoms with Crippen LogP contribution in [-0.2, 0) is 16.1 Å². The first-order valence-electron chi connectivity index (χ1n) is 7.11. The lowest BCUT2D eigenvalue weighted by molar-refractivity contribution is -0.228. The van der Waals surface area contributed by atoms with Crippen molar-refractivity contribution in [2.45, 2.75) is 12.6 Å². The number of alkyl halides is 3. The first-order valence-corrected chi connectivity index (χ1v) is 7.11. The van der Waals surface area contributed by atoms with Crippen LogP contribution in [0.3, 0.4) is 0 Å².